The molecule has 5 aromatic carbocycles. The minimum Gasteiger partial charge on any atom is -0.312 e. The topological polar surface area (TPSA) is 22.8 Å². The van der Waals surface area contributed by atoms with Crippen LogP contribution in [0, 0.1) is 0 Å². The van der Waals surface area contributed by atoms with Crippen molar-refractivity contribution in [2.24, 2.45) is 0 Å². The van der Waals surface area contributed by atoms with Gasteiger partial charge in [-0.05, 0) is 49.2 Å². The Morgan fingerprint density at radius 2 is 1.07 bits per heavy atom. The average molecular weight is 564 g/mol. The van der Waals surface area contributed by atoms with Crippen molar-refractivity contribution in [2.45, 2.75) is 12.8 Å². The van der Waals surface area contributed by atoms with Gasteiger partial charge in [-0.15, -0.1) is 0 Å². The van der Waals surface area contributed by atoms with Crippen molar-refractivity contribution < 1.29 is 0 Å². The SMILES string of the molecule is C1=Cc2c(n(-c3ccccc3-c3ccc(-c4ccccc4-n4c5ccccc5c5ccccc54)cn3)c3ccccc23)CC1. The molecule has 1 aliphatic rings. The highest BCUT2D eigenvalue weighted by molar-refractivity contribution is 6.09. The second kappa shape index (κ2) is 9.96. The van der Waals surface area contributed by atoms with Crippen LogP contribution in [-0.2, 0) is 6.42 Å². The van der Waals surface area contributed by atoms with Gasteiger partial charge in [-0.1, -0.05) is 109 Å². The summed E-state index contributed by atoms with van der Waals surface area (Å²) in [5, 5.41) is 3.83. The van der Waals surface area contributed by atoms with Gasteiger partial charge in [0.2, 0.25) is 0 Å². The zero-order valence-corrected chi connectivity index (χ0v) is 24.2. The van der Waals surface area contributed by atoms with Gasteiger partial charge < -0.3 is 9.13 Å². The van der Waals surface area contributed by atoms with Gasteiger partial charge in [-0.3, -0.25) is 4.98 Å². The van der Waals surface area contributed by atoms with Crippen molar-refractivity contribution >= 4 is 38.8 Å². The molecule has 0 amide bonds. The lowest BCUT2D eigenvalue weighted by Crippen LogP contribution is -2.05. The Morgan fingerprint density at radius 1 is 0.500 bits per heavy atom. The smallest absolute Gasteiger partial charge is 0.0723 e. The van der Waals surface area contributed by atoms with Crippen LogP contribution < -0.4 is 0 Å². The molecule has 3 aromatic heterocycles. The molecule has 0 unspecified atom stereocenters. The van der Waals surface area contributed by atoms with Crippen LogP contribution in [0.15, 0.2) is 146 Å². The lowest BCUT2D eigenvalue weighted by molar-refractivity contribution is 0.889. The normalized spacial score (nSPS) is 12.7. The molecule has 0 aliphatic heterocycles. The van der Waals surface area contributed by atoms with Crippen LogP contribution >= 0.6 is 0 Å². The second-order valence-corrected chi connectivity index (χ2v) is 11.5. The molecular weight excluding hydrogens is 534 g/mol. The van der Waals surface area contributed by atoms with E-state index in [9.17, 15) is 0 Å². The summed E-state index contributed by atoms with van der Waals surface area (Å²) in [5.74, 6) is 0. The first-order valence-corrected chi connectivity index (χ1v) is 15.3. The van der Waals surface area contributed by atoms with E-state index in [1.165, 1.54) is 49.7 Å². The highest BCUT2D eigenvalue weighted by atomic mass is 15.0. The molecule has 0 saturated carbocycles. The molecule has 0 N–H and O–H groups in total. The van der Waals surface area contributed by atoms with E-state index in [4.69, 9.17) is 4.98 Å². The fourth-order valence-electron chi connectivity index (χ4n) is 7.14. The minimum absolute atomic E-state index is 0.969. The average Bonchev–Trinajstić information content (AvgIpc) is 3.61. The van der Waals surface area contributed by atoms with Gasteiger partial charge >= 0.3 is 0 Å². The van der Waals surface area contributed by atoms with Gasteiger partial charge in [0.15, 0.2) is 0 Å². The number of para-hydroxylation sites is 5. The van der Waals surface area contributed by atoms with Crippen molar-refractivity contribution in [3.05, 3.63) is 157 Å². The molecule has 8 aromatic rings. The van der Waals surface area contributed by atoms with E-state index in [1.807, 2.05) is 6.20 Å². The predicted molar refractivity (Wildman–Crippen MR) is 184 cm³/mol. The third-order valence-electron chi connectivity index (χ3n) is 9.07. The monoisotopic (exact) mass is 563 g/mol. The van der Waals surface area contributed by atoms with E-state index in [2.05, 4.69) is 155 Å². The number of fused-ring (bicyclic) bond motifs is 6. The molecular formula is C41H29N3. The summed E-state index contributed by atoms with van der Waals surface area (Å²) in [5.41, 5.74) is 13.0. The Kier molecular flexibility index (Phi) is 5.63. The highest BCUT2D eigenvalue weighted by Crippen LogP contribution is 2.39. The first kappa shape index (κ1) is 24.9. The molecule has 0 saturated heterocycles. The number of rotatable bonds is 4. The van der Waals surface area contributed by atoms with Crippen molar-refractivity contribution in [1.29, 1.82) is 0 Å². The number of hydrogen-bond donors (Lipinski definition) is 0. The van der Waals surface area contributed by atoms with Gasteiger partial charge in [-0.25, -0.2) is 0 Å². The van der Waals surface area contributed by atoms with Gasteiger partial charge in [0.25, 0.3) is 0 Å². The van der Waals surface area contributed by atoms with E-state index in [0.717, 1.165) is 40.9 Å². The molecule has 3 nitrogen and oxygen atoms in total. The first-order chi connectivity index (χ1) is 21.9. The third-order valence-corrected chi connectivity index (χ3v) is 9.07. The van der Waals surface area contributed by atoms with Crippen LogP contribution in [-0.4, -0.2) is 14.1 Å². The lowest BCUT2D eigenvalue weighted by Gasteiger charge is -2.17. The molecule has 3 heteroatoms. The maximum atomic E-state index is 5.10. The molecule has 0 bridgehead atoms. The molecule has 9 rings (SSSR count). The number of allylic oxidation sites excluding steroid dienone is 1. The van der Waals surface area contributed by atoms with E-state index in [-0.39, 0.29) is 0 Å². The summed E-state index contributed by atoms with van der Waals surface area (Å²) < 4.78 is 4.84. The standard InChI is InChI=1S/C41H29N3/c1-7-19-36(43-37-20-8-2-14-30(37)31-15-3-9-21-38(31)43)29(13-1)28-25-26-35(42-27-28)34-18-6-12-24-41(34)44-39-22-10-4-16-32(39)33-17-5-11-23-40(33)44/h1-10,12-22,24-27H,11,23H2. The van der Waals surface area contributed by atoms with Crippen LogP contribution in [0.2, 0.25) is 0 Å². The van der Waals surface area contributed by atoms with E-state index in [0.29, 0.717) is 0 Å². The summed E-state index contributed by atoms with van der Waals surface area (Å²) >= 11 is 0. The maximum Gasteiger partial charge on any atom is 0.0723 e. The Morgan fingerprint density at radius 3 is 1.75 bits per heavy atom. The first-order valence-electron chi connectivity index (χ1n) is 15.3. The van der Waals surface area contributed by atoms with Crippen LogP contribution in [0.1, 0.15) is 17.7 Å². The van der Waals surface area contributed by atoms with Gasteiger partial charge in [-0.2, -0.15) is 0 Å². The Bertz CT molecular complexity index is 2330. The summed E-state index contributed by atoms with van der Waals surface area (Å²) in [6.45, 7) is 0. The largest absolute Gasteiger partial charge is 0.312 e. The van der Waals surface area contributed by atoms with Crippen molar-refractivity contribution in [3.8, 4) is 33.8 Å². The quantitative estimate of drug-likeness (QED) is 0.209. The van der Waals surface area contributed by atoms with Crippen LogP contribution in [0.3, 0.4) is 0 Å². The highest BCUT2D eigenvalue weighted by Gasteiger charge is 2.21. The molecule has 0 atom stereocenters. The second-order valence-electron chi connectivity index (χ2n) is 11.5. The third kappa shape index (κ3) is 3.73. The maximum absolute atomic E-state index is 5.10. The Labute approximate surface area is 256 Å². The van der Waals surface area contributed by atoms with E-state index < -0.39 is 0 Å². The summed E-state index contributed by atoms with van der Waals surface area (Å²) in [6.07, 6.45) is 8.71. The predicted octanol–water partition coefficient (Wildman–Crippen LogP) is 10.4. The zero-order valence-electron chi connectivity index (χ0n) is 24.2. The van der Waals surface area contributed by atoms with Crippen molar-refractivity contribution in [2.75, 3.05) is 0 Å². The number of benzene rings is 5. The van der Waals surface area contributed by atoms with Crippen molar-refractivity contribution in [1.82, 2.24) is 14.1 Å². The Hall–Kier alpha value is -5.67. The van der Waals surface area contributed by atoms with Gasteiger partial charge in [0, 0.05) is 50.3 Å². The fraction of sp³-hybridized carbons (Fsp3) is 0.0488. The number of nitrogens with zero attached hydrogens (tertiary/aromatic N) is 3. The Balaban J connectivity index is 1.18. The van der Waals surface area contributed by atoms with Crippen molar-refractivity contribution in [3.63, 3.8) is 0 Å². The fourth-order valence-corrected chi connectivity index (χ4v) is 7.14. The number of pyridine rings is 1. The molecule has 0 fully saturated rings. The molecule has 0 radical (unpaired) electrons. The molecule has 208 valence electrons. The van der Waals surface area contributed by atoms with E-state index in [1.54, 1.807) is 0 Å². The van der Waals surface area contributed by atoms with Crippen LogP contribution in [0.4, 0.5) is 0 Å². The summed E-state index contributed by atoms with van der Waals surface area (Å²) in [4.78, 5) is 5.10. The summed E-state index contributed by atoms with van der Waals surface area (Å²) in [7, 11) is 0. The minimum atomic E-state index is 0.969. The number of hydrogen-bond acceptors (Lipinski definition) is 1. The molecule has 0 spiro atoms. The molecule has 44 heavy (non-hydrogen) atoms. The zero-order chi connectivity index (χ0) is 29.0. The molecule has 3 heterocycles. The number of aromatic nitrogens is 3. The van der Waals surface area contributed by atoms with Gasteiger partial charge in [0.1, 0.15) is 0 Å². The molecule has 1 aliphatic carbocycles. The van der Waals surface area contributed by atoms with Crippen LogP contribution in [0.25, 0.3) is 72.5 Å². The van der Waals surface area contributed by atoms with E-state index >= 15 is 0 Å². The lowest BCUT2D eigenvalue weighted by atomic mass is 10.0. The summed E-state index contributed by atoms with van der Waals surface area (Å²) in [6, 6.07) is 47.8. The van der Waals surface area contributed by atoms with Crippen LogP contribution in [0.5, 0.6) is 0 Å². The van der Waals surface area contributed by atoms with Gasteiger partial charge in [0.05, 0.1) is 33.6 Å².